The summed E-state index contributed by atoms with van der Waals surface area (Å²) in [5.74, 6) is -0.415. The molecular formula is C20H26N4O2. The molecule has 2 amide bonds. The molecule has 0 aliphatic carbocycles. The van der Waals surface area contributed by atoms with Gasteiger partial charge in [0, 0.05) is 30.1 Å². The van der Waals surface area contributed by atoms with Crippen LogP contribution < -0.4 is 10.2 Å². The molecule has 0 saturated carbocycles. The van der Waals surface area contributed by atoms with Crippen molar-refractivity contribution < 1.29 is 9.59 Å². The van der Waals surface area contributed by atoms with Crippen LogP contribution in [0.2, 0.25) is 0 Å². The van der Waals surface area contributed by atoms with Gasteiger partial charge >= 0.3 is 0 Å². The summed E-state index contributed by atoms with van der Waals surface area (Å²) in [4.78, 5) is 26.2. The van der Waals surface area contributed by atoms with Gasteiger partial charge < -0.3 is 10.2 Å². The second-order valence-corrected chi connectivity index (χ2v) is 7.12. The first-order valence-electron chi connectivity index (χ1n) is 8.48. The van der Waals surface area contributed by atoms with Gasteiger partial charge in [0.2, 0.25) is 0 Å². The van der Waals surface area contributed by atoms with Gasteiger partial charge in [-0.05, 0) is 51.5 Å². The average Bonchev–Trinajstić information content (AvgIpc) is 3.08. The van der Waals surface area contributed by atoms with E-state index in [2.05, 4.69) is 37.8 Å². The molecule has 0 atom stereocenters. The van der Waals surface area contributed by atoms with E-state index in [0.29, 0.717) is 17.8 Å². The van der Waals surface area contributed by atoms with Crippen molar-refractivity contribution in [3.8, 4) is 0 Å². The fourth-order valence-corrected chi connectivity index (χ4v) is 2.68. The van der Waals surface area contributed by atoms with Crippen LogP contribution in [-0.4, -0.2) is 28.6 Å². The summed E-state index contributed by atoms with van der Waals surface area (Å²) in [6.45, 7) is 12.0. The molecule has 1 N–H and O–H groups in total. The largest absolute Gasteiger partial charge is 0.355 e. The van der Waals surface area contributed by atoms with Crippen LogP contribution in [0, 0.1) is 6.92 Å². The highest BCUT2D eigenvalue weighted by Gasteiger charge is 2.21. The maximum absolute atomic E-state index is 12.5. The molecule has 1 aromatic heterocycles. The van der Waals surface area contributed by atoms with Crippen molar-refractivity contribution in [2.45, 2.75) is 39.8 Å². The first-order chi connectivity index (χ1) is 12.2. The Labute approximate surface area is 154 Å². The summed E-state index contributed by atoms with van der Waals surface area (Å²) in [6, 6.07) is 5.35. The number of anilines is 1. The highest BCUT2D eigenvalue weighted by molar-refractivity contribution is 6.03. The maximum atomic E-state index is 12.5. The fraction of sp³-hybridized carbons (Fsp3) is 0.350. The van der Waals surface area contributed by atoms with Gasteiger partial charge in [0.25, 0.3) is 11.8 Å². The Morgan fingerprint density at radius 1 is 1.35 bits per heavy atom. The van der Waals surface area contributed by atoms with Crippen molar-refractivity contribution in [3.05, 3.63) is 59.9 Å². The van der Waals surface area contributed by atoms with Gasteiger partial charge in [-0.3, -0.25) is 14.3 Å². The Bertz CT molecular complexity index is 831. The van der Waals surface area contributed by atoms with E-state index in [1.807, 2.05) is 23.9 Å². The number of amides is 2. The summed E-state index contributed by atoms with van der Waals surface area (Å²) in [5, 5.41) is 7.01. The van der Waals surface area contributed by atoms with Crippen molar-refractivity contribution in [2.24, 2.45) is 0 Å². The molecular weight excluding hydrogens is 328 g/mol. The number of carbonyl (C=O) groups is 2. The van der Waals surface area contributed by atoms with E-state index in [9.17, 15) is 9.59 Å². The Balaban J connectivity index is 2.43. The normalized spacial score (nSPS) is 11.1. The molecule has 6 nitrogen and oxygen atoms in total. The van der Waals surface area contributed by atoms with E-state index in [-0.39, 0.29) is 17.4 Å². The summed E-state index contributed by atoms with van der Waals surface area (Å²) >= 11 is 0. The van der Waals surface area contributed by atoms with Gasteiger partial charge in [0.1, 0.15) is 0 Å². The monoisotopic (exact) mass is 354 g/mol. The van der Waals surface area contributed by atoms with Crippen molar-refractivity contribution >= 4 is 17.5 Å². The van der Waals surface area contributed by atoms with Crippen LogP contribution >= 0.6 is 0 Å². The molecule has 0 radical (unpaired) electrons. The average molecular weight is 354 g/mol. The molecule has 0 unspecified atom stereocenters. The summed E-state index contributed by atoms with van der Waals surface area (Å²) in [7, 11) is 1.59. The molecule has 0 saturated heterocycles. The molecule has 0 spiro atoms. The van der Waals surface area contributed by atoms with Crippen molar-refractivity contribution in [3.63, 3.8) is 0 Å². The lowest BCUT2D eigenvalue weighted by molar-refractivity contribution is -0.114. The standard InChI is InChI=1S/C20H26N4O2/c1-7-18(25)23(12-15-11-22-24(13-15)20(3,4)5)17-10-8-9-16(14(17)2)19(26)21-6/h7-11,13H,1,12H2,2-6H3,(H,21,26). The van der Waals surface area contributed by atoms with Crippen LogP contribution in [0.25, 0.3) is 0 Å². The molecule has 0 aliphatic rings. The molecule has 0 aliphatic heterocycles. The molecule has 2 rings (SSSR count). The number of nitrogens with zero attached hydrogens (tertiary/aromatic N) is 3. The van der Waals surface area contributed by atoms with Crippen molar-refractivity contribution in [1.29, 1.82) is 0 Å². The number of aromatic nitrogens is 2. The minimum atomic E-state index is -0.231. The topological polar surface area (TPSA) is 67.2 Å². The zero-order chi connectivity index (χ0) is 19.5. The van der Waals surface area contributed by atoms with Gasteiger partial charge in [0.15, 0.2) is 0 Å². The second kappa shape index (κ2) is 7.56. The van der Waals surface area contributed by atoms with E-state index in [0.717, 1.165) is 11.1 Å². The van der Waals surface area contributed by atoms with Crippen LogP contribution in [0.4, 0.5) is 5.69 Å². The van der Waals surface area contributed by atoms with Crippen molar-refractivity contribution in [1.82, 2.24) is 15.1 Å². The summed E-state index contributed by atoms with van der Waals surface area (Å²) in [5.41, 5.74) is 2.72. The minimum Gasteiger partial charge on any atom is -0.355 e. The van der Waals surface area contributed by atoms with Crippen LogP contribution in [-0.2, 0) is 16.9 Å². The SMILES string of the molecule is C=CC(=O)N(Cc1cnn(C(C)(C)C)c1)c1cccc(C(=O)NC)c1C. The number of carbonyl (C=O) groups excluding carboxylic acids is 2. The Hall–Kier alpha value is -2.89. The molecule has 1 heterocycles. The number of hydrogen-bond acceptors (Lipinski definition) is 3. The Morgan fingerprint density at radius 2 is 2.04 bits per heavy atom. The molecule has 26 heavy (non-hydrogen) atoms. The molecule has 0 bridgehead atoms. The van der Waals surface area contributed by atoms with Gasteiger partial charge in [-0.15, -0.1) is 0 Å². The Kier molecular flexibility index (Phi) is 5.65. The van der Waals surface area contributed by atoms with E-state index < -0.39 is 0 Å². The summed E-state index contributed by atoms with van der Waals surface area (Å²) < 4.78 is 1.87. The van der Waals surface area contributed by atoms with Crippen LogP contribution in [0.3, 0.4) is 0 Å². The number of benzene rings is 1. The second-order valence-electron chi connectivity index (χ2n) is 7.12. The third-order valence-corrected chi connectivity index (χ3v) is 4.17. The lowest BCUT2D eigenvalue weighted by Gasteiger charge is -2.24. The van der Waals surface area contributed by atoms with E-state index in [1.165, 1.54) is 6.08 Å². The van der Waals surface area contributed by atoms with E-state index in [1.54, 1.807) is 30.3 Å². The highest BCUT2D eigenvalue weighted by Crippen LogP contribution is 2.26. The number of nitrogens with one attached hydrogen (secondary N) is 1. The third kappa shape index (κ3) is 4.02. The summed E-state index contributed by atoms with van der Waals surface area (Å²) in [6.07, 6.45) is 4.97. The highest BCUT2D eigenvalue weighted by atomic mass is 16.2. The zero-order valence-corrected chi connectivity index (χ0v) is 16.0. The third-order valence-electron chi connectivity index (χ3n) is 4.17. The van der Waals surface area contributed by atoms with Gasteiger partial charge in [-0.2, -0.15) is 5.10 Å². The molecule has 1 aromatic carbocycles. The lowest BCUT2D eigenvalue weighted by Crippen LogP contribution is -2.30. The first kappa shape index (κ1) is 19.4. The smallest absolute Gasteiger partial charge is 0.251 e. The predicted octanol–water partition coefficient (Wildman–Crippen LogP) is 3.03. The fourth-order valence-electron chi connectivity index (χ4n) is 2.68. The Morgan fingerprint density at radius 3 is 2.58 bits per heavy atom. The molecule has 0 fully saturated rings. The predicted molar refractivity (Wildman–Crippen MR) is 103 cm³/mol. The molecule has 6 heteroatoms. The van der Waals surface area contributed by atoms with Crippen LogP contribution in [0.5, 0.6) is 0 Å². The zero-order valence-electron chi connectivity index (χ0n) is 16.0. The van der Waals surface area contributed by atoms with Gasteiger partial charge in [-0.1, -0.05) is 12.6 Å². The molecule has 2 aromatic rings. The van der Waals surface area contributed by atoms with Crippen molar-refractivity contribution in [2.75, 3.05) is 11.9 Å². The van der Waals surface area contributed by atoms with Crippen LogP contribution in [0.15, 0.2) is 43.2 Å². The van der Waals surface area contributed by atoms with E-state index >= 15 is 0 Å². The first-order valence-corrected chi connectivity index (χ1v) is 8.48. The number of rotatable bonds is 5. The van der Waals surface area contributed by atoms with Crippen LogP contribution in [0.1, 0.15) is 42.3 Å². The maximum Gasteiger partial charge on any atom is 0.251 e. The molecule has 138 valence electrons. The lowest BCUT2D eigenvalue weighted by atomic mass is 10.0. The van der Waals surface area contributed by atoms with Gasteiger partial charge in [-0.25, -0.2) is 0 Å². The minimum absolute atomic E-state index is 0.138. The van der Waals surface area contributed by atoms with Gasteiger partial charge in [0.05, 0.1) is 18.3 Å². The quantitative estimate of drug-likeness (QED) is 0.839. The van der Waals surface area contributed by atoms with E-state index in [4.69, 9.17) is 0 Å². The number of hydrogen-bond donors (Lipinski definition) is 1.